The molecule has 79 heavy (non-hydrogen) atoms. The second kappa shape index (κ2) is 29.5. The molecule has 4 N–H and O–H groups in total. The first-order valence-corrected chi connectivity index (χ1v) is 31.0. The number of para-hydroxylation sites is 1. The van der Waals surface area contributed by atoms with Gasteiger partial charge in [0.15, 0.2) is 28.7 Å². The van der Waals surface area contributed by atoms with Gasteiger partial charge in [0.2, 0.25) is 10.7 Å². The number of aryl methyl sites for hydroxylation is 2. The SMILES string of the molecule is CCc1cccc(C)c1N(C(=O)CCl)C(C)COC.COC(=O)CSc1cc(/N=c2\sc(=O)n3n2CCCC3)c(F)cc1Cl.CP(=O)(O)CCC(N)C(=O)O.CS(=O)(=O)c1cc(C(F)(F)F)ccc1C(=O)c1cnoc1C1CC1. The highest BCUT2D eigenvalue weighted by Gasteiger charge is 2.36. The number of hydrogen-bond donors (Lipinski definition) is 3. The van der Waals surface area contributed by atoms with Gasteiger partial charge >= 0.3 is 23.0 Å². The number of nitrogens with two attached hydrogens (primary N) is 1. The number of ether oxygens (including phenoxy) is 2. The van der Waals surface area contributed by atoms with Crippen molar-refractivity contribution >= 4 is 98.5 Å². The Morgan fingerprint density at radius 2 is 1.75 bits per heavy atom. The van der Waals surface area contributed by atoms with E-state index in [1.807, 2.05) is 26.0 Å². The lowest BCUT2D eigenvalue weighted by molar-refractivity contribution is -0.139. The smallest absolute Gasteiger partial charge is 0.416 e. The summed E-state index contributed by atoms with van der Waals surface area (Å²) in [6, 6.07) is 9.70. The number of thioether (sulfide) groups is 1. The summed E-state index contributed by atoms with van der Waals surface area (Å²) in [5, 5.41) is 12.0. The molecule has 7 rings (SSSR count). The number of rotatable bonds is 18. The van der Waals surface area contributed by atoms with Crippen LogP contribution in [-0.4, -0.2) is 120 Å². The molecule has 0 bridgehead atoms. The van der Waals surface area contributed by atoms with E-state index in [0.717, 1.165) is 90.4 Å². The van der Waals surface area contributed by atoms with Crippen molar-refractivity contribution in [1.82, 2.24) is 14.5 Å². The van der Waals surface area contributed by atoms with Gasteiger partial charge in [-0.05, 0) is 105 Å². The number of aromatic nitrogens is 3. The Hall–Kier alpha value is -5.18. The number of halogens is 6. The molecule has 1 aliphatic heterocycles. The summed E-state index contributed by atoms with van der Waals surface area (Å²) in [6.45, 7) is 9.07. The molecule has 2 aliphatic rings. The van der Waals surface area contributed by atoms with Gasteiger partial charge in [0.1, 0.15) is 23.4 Å². The molecule has 1 amide bonds. The minimum atomic E-state index is -4.71. The molecule has 29 heteroatoms. The molecule has 19 nitrogen and oxygen atoms in total. The third-order valence-electron chi connectivity index (χ3n) is 11.8. The number of esters is 1. The van der Waals surface area contributed by atoms with Crippen LogP contribution in [0, 0.1) is 12.7 Å². The fraction of sp³-hybridized carbons (Fsp3) is 0.460. The van der Waals surface area contributed by atoms with Crippen molar-refractivity contribution in [3.05, 3.63) is 114 Å². The zero-order valence-electron chi connectivity index (χ0n) is 44.1. The number of carbonyl (C=O) groups is 4. The van der Waals surface area contributed by atoms with Gasteiger partial charge in [-0.2, -0.15) is 13.2 Å². The number of nitrogens with zero attached hydrogens (tertiary/aromatic N) is 5. The Balaban J connectivity index is 0.000000236. The van der Waals surface area contributed by atoms with Gasteiger partial charge in [0, 0.05) is 55.7 Å². The first-order chi connectivity index (χ1) is 37.0. The van der Waals surface area contributed by atoms with Crippen LogP contribution in [0.5, 0.6) is 0 Å². The second-order valence-electron chi connectivity index (χ2n) is 18.1. The normalized spacial score (nSPS) is 14.8. The van der Waals surface area contributed by atoms with E-state index in [-0.39, 0.29) is 68.8 Å². The topological polar surface area (TPSA) is 273 Å². The molecule has 434 valence electrons. The molecule has 5 aromatic rings. The van der Waals surface area contributed by atoms with Gasteiger partial charge < -0.3 is 34.6 Å². The summed E-state index contributed by atoms with van der Waals surface area (Å²) in [4.78, 5) is 73.3. The van der Waals surface area contributed by atoms with Crippen LogP contribution in [0.25, 0.3) is 0 Å². The predicted octanol–water partition coefficient (Wildman–Crippen LogP) is 8.85. The zero-order valence-corrected chi connectivity index (χ0v) is 48.9. The summed E-state index contributed by atoms with van der Waals surface area (Å²) in [5.41, 5.74) is 7.01. The number of carbonyl (C=O) groups excluding carboxylic acids is 3. The van der Waals surface area contributed by atoms with Crippen LogP contribution < -0.4 is 20.3 Å². The first-order valence-electron chi connectivity index (χ1n) is 24.1. The zero-order chi connectivity index (χ0) is 59.2. The highest BCUT2D eigenvalue weighted by Crippen LogP contribution is 2.43. The molecular weight excluding hydrogens is 1170 g/mol. The Morgan fingerprint density at radius 3 is 2.30 bits per heavy atom. The number of amides is 1. The molecule has 3 atom stereocenters. The summed E-state index contributed by atoms with van der Waals surface area (Å²) in [5.74, 6) is -2.50. The van der Waals surface area contributed by atoms with Gasteiger partial charge in [-0.25, -0.2) is 22.5 Å². The van der Waals surface area contributed by atoms with E-state index in [1.165, 1.54) is 26.0 Å². The summed E-state index contributed by atoms with van der Waals surface area (Å²) in [7, 11) is -4.21. The average molecular weight is 1230 g/mol. The minimum absolute atomic E-state index is 0.0223. The molecule has 1 fully saturated rings. The van der Waals surface area contributed by atoms with Crippen LogP contribution in [0.15, 0.2) is 78.8 Å². The number of ketones is 1. The van der Waals surface area contributed by atoms with Crippen molar-refractivity contribution in [3.8, 4) is 0 Å². The fourth-order valence-corrected chi connectivity index (χ4v) is 11.4. The monoisotopic (exact) mass is 1230 g/mol. The Labute approximate surface area is 471 Å². The molecule has 1 saturated carbocycles. The maximum atomic E-state index is 14.3. The molecular formula is C50H61Cl2F4N6O13PS3. The van der Waals surface area contributed by atoms with Gasteiger partial charge in [-0.15, -0.1) is 23.4 Å². The molecule has 0 radical (unpaired) electrons. The van der Waals surface area contributed by atoms with Crippen LogP contribution in [0.2, 0.25) is 5.02 Å². The molecule has 3 heterocycles. The van der Waals surface area contributed by atoms with Crippen LogP contribution in [0.1, 0.15) is 90.2 Å². The lowest BCUT2D eigenvalue weighted by Crippen LogP contribution is -2.43. The van der Waals surface area contributed by atoms with Gasteiger partial charge in [-0.3, -0.25) is 33.2 Å². The van der Waals surface area contributed by atoms with E-state index in [2.05, 4.69) is 27.9 Å². The number of methoxy groups -OCH3 is 2. The molecule has 0 saturated heterocycles. The number of carboxylic acid groups (broad SMARTS) is 1. The largest absolute Gasteiger partial charge is 0.480 e. The quantitative estimate of drug-likeness (QED) is 0.0184. The highest BCUT2D eigenvalue weighted by molar-refractivity contribution is 8.00. The average Bonchev–Trinajstić information content (AvgIpc) is 4.06. The molecule has 2 aromatic heterocycles. The Bertz CT molecular complexity index is 3270. The third-order valence-corrected chi connectivity index (χ3v) is 16.6. The summed E-state index contributed by atoms with van der Waals surface area (Å²) in [6.07, 6.45) is 1.63. The lowest BCUT2D eigenvalue weighted by Gasteiger charge is -2.31. The molecule has 1 aliphatic carbocycles. The van der Waals surface area contributed by atoms with Crippen molar-refractivity contribution in [3.63, 3.8) is 0 Å². The third kappa shape index (κ3) is 19.2. The van der Waals surface area contributed by atoms with Crippen molar-refractivity contribution in [2.24, 2.45) is 10.7 Å². The molecule has 0 spiro atoms. The van der Waals surface area contributed by atoms with Crippen molar-refractivity contribution < 1.29 is 73.7 Å². The van der Waals surface area contributed by atoms with Crippen LogP contribution >= 0.6 is 53.7 Å². The number of benzene rings is 3. The standard InChI is InChI=1S/C15H15ClFN3O3S2.C15H22ClNO2.C15H12F3NO4S.C5H12NO4P/c1-23-13(21)8-24-12-7-11(10(17)6-9(12)16)18-14-19-4-2-3-5-20(19)15(22)25-14;1-5-13-8-6-7-11(2)15(13)17(14(18)9-16)12(3)10-19-4;1-24(21,22)12-6-9(15(16,17)18)4-5-10(12)13(20)11-7-19-23-14(11)8-2-3-8;1-11(9,10)3-2-4(6)5(7)8/h6-7H,2-5,8H2,1H3;6-8,12H,5,9-10H2,1-4H3;4-8H,2-3H2,1H3;4H,2-3,6H2,1H3,(H,7,8)(H,9,10)/b18-14-;;;. The number of alkyl halides is 4. The molecule has 3 unspecified atom stereocenters. The van der Waals surface area contributed by atoms with Crippen LogP contribution in [-0.2, 0) is 63.9 Å². The van der Waals surface area contributed by atoms with Crippen LogP contribution in [0.3, 0.4) is 0 Å². The fourth-order valence-electron chi connectivity index (χ4n) is 7.65. The van der Waals surface area contributed by atoms with Crippen molar-refractivity contribution in [2.45, 2.75) is 106 Å². The maximum absolute atomic E-state index is 14.3. The first kappa shape index (κ1) is 66.3. The predicted molar refractivity (Wildman–Crippen MR) is 293 cm³/mol. The number of aliphatic carboxylic acids is 1. The van der Waals surface area contributed by atoms with E-state index in [0.29, 0.717) is 47.3 Å². The van der Waals surface area contributed by atoms with Gasteiger partial charge in [0.25, 0.3) is 0 Å². The summed E-state index contributed by atoms with van der Waals surface area (Å²) < 4.78 is 105. The second-order valence-corrected chi connectivity index (χ2v) is 25.3. The maximum Gasteiger partial charge on any atom is 0.416 e. The minimum Gasteiger partial charge on any atom is -0.480 e. The number of fused-ring (bicyclic) bond motifs is 1. The number of sulfone groups is 1. The van der Waals surface area contributed by atoms with E-state index >= 15 is 0 Å². The van der Waals surface area contributed by atoms with E-state index < -0.39 is 63.4 Å². The van der Waals surface area contributed by atoms with E-state index in [9.17, 15) is 54.5 Å². The Morgan fingerprint density at radius 1 is 1.09 bits per heavy atom. The summed E-state index contributed by atoms with van der Waals surface area (Å²) >= 11 is 13.9. The number of carboxylic acids is 1. The van der Waals surface area contributed by atoms with Crippen LogP contribution in [0.4, 0.5) is 28.9 Å². The van der Waals surface area contributed by atoms with Crippen molar-refractivity contribution in [1.29, 1.82) is 0 Å². The van der Waals surface area contributed by atoms with Gasteiger partial charge in [0.05, 0.1) is 58.4 Å². The highest BCUT2D eigenvalue weighted by atomic mass is 35.5. The molecule has 3 aromatic carbocycles. The Kier molecular flexibility index (Phi) is 24.8. The van der Waals surface area contributed by atoms with Crippen molar-refractivity contribution in [2.75, 3.05) is 56.4 Å². The lowest BCUT2D eigenvalue weighted by atomic mass is 10.0. The number of hydrogen-bond acceptors (Lipinski definition) is 16. The van der Waals surface area contributed by atoms with E-state index in [1.54, 1.807) is 21.4 Å². The van der Waals surface area contributed by atoms with E-state index in [4.69, 9.17) is 48.2 Å². The van der Waals surface area contributed by atoms with Gasteiger partial charge in [-0.1, -0.05) is 41.9 Å². The number of anilines is 1.